The minimum Gasteiger partial charge on any atom is -0.391 e. The van der Waals surface area contributed by atoms with Gasteiger partial charge in [0, 0.05) is 6.42 Å². The van der Waals surface area contributed by atoms with E-state index in [-0.39, 0.29) is 19.1 Å². The van der Waals surface area contributed by atoms with Crippen LogP contribution in [0.2, 0.25) is 0 Å². The van der Waals surface area contributed by atoms with Gasteiger partial charge in [0.1, 0.15) is 13.2 Å². The van der Waals surface area contributed by atoms with E-state index in [9.17, 15) is 19.4 Å². The molecule has 0 aliphatic heterocycles. The number of quaternary nitrogens is 1. The summed E-state index contributed by atoms with van der Waals surface area (Å²) in [5.41, 5.74) is 0. The number of unbranched alkanes of at least 4 members (excludes halogenated alkanes) is 27. The van der Waals surface area contributed by atoms with E-state index in [0.29, 0.717) is 23.9 Å². The summed E-state index contributed by atoms with van der Waals surface area (Å²) in [5.74, 6) is -0.151. The van der Waals surface area contributed by atoms with Gasteiger partial charge in [-0.25, -0.2) is 4.57 Å². The standard InChI is InChI=1S/C45H91N2O6P/c1-6-8-10-12-14-16-18-20-22-23-25-26-28-30-32-34-36-38-44(48)43(42-53-54(50,51)52-41-40-47(3,4)5)46-45(49)39-37-35-33-31-29-27-24-21-19-17-15-13-11-9-7-2/h21,24,43-44,48H,6-20,22-23,25-42H2,1-5H3,(H-,46,49,50,51)/p+1/b24-21-. The predicted octanol–water partition coefficient (Wildman–Crippen LogP) is 12.8. The summed E-state index contributed by atoms with van der Waals surface area (Å²) in [6, 6.07) is -0.760. The molecule has 0 rings (SSSR count). The number of carbonyl (C=O) groups excluding carboxylic acids is 1. The molecule has 0 radical (unpaired) electrons. The first-order valence-electron chi connectivity index (χ1n) is 23.1. The Balaban J connectivity index is 4.34. The number of likely N-dealkylation sites (N-methyl/N-ethyl adjacent to an activating group) is 1. The average molecular weight is 788 g/mol. The zero-order valence-corrected chi connectivity index (χ0v) is 37.4. The van der Waals surface area contributed by atoms with Gasteiger partial charge in [0.05, 0.1) is 39.9 Å². The molecule has 0 aromatic heterocycles. The lowest BCUT2D eigenvalue weighted by Crippen LogP contribution is -2.46. The van der Waals surface area contributed by atoms with Crippen molar-refractivity contribution in [2.75, 3.05) is 40.9 Å². The second-order valence-corrected chi connectivity index (χ2v) is 18.6. The predicted molar refractivity (Wildman–Crippen MR) is 231 cm³/mol. The van der Waals surface area contributed by atoms with E-state index in [2.05, 4.69) is 31.3 Å². The number of carbonyl (C=O) groups is 1. The zero-order valence-electron chi connectivity index (χ0n) is 36.5. The quantitative estimate of drug-likeness (QED) is 0.0246. The third-order valence-corrected chi connectivity index (χ3v) is 11.5. The summed E-state index contributed by atoms with van der Waals surface area (Å²) in [4.78, 5) is 23.1. The van der Waals surface area contributed by atoms with Crippen molar-refractivity contribution in [2.24, 2.45) is 0 Å². The van der Waals surface area contributed by atoms with E-state index in [4.69, 9.17) is 9.05 Å². The van der Waals surface area contributed by atoms with Crippen LogP contribution in [-0.4, -0.2) is 73.4 Å². The van der Waals surface area contributed by atoms with Gasteiger partial charge in [-0.05, 0) is 38.5 Å². The number of phosphoric ester groups is 1. The molecule has 0 aliphatic rings. The second kappa shape index (κ2) is 37.8. The smallest absolute Gasteiger partial charge is 0.391 e. The summed E-state index contributed by atoms with van der Waals surface area (Å²) in [7, 11) is 1.62. The van der Waals surface area contributed by atoms with Crippen LogP contribution in [0.5, 0.6) is 0 Å². The van der Waals surface area contributed by atoms with Crippen molar-refractivity contribution in [1.82, 2.24) is 5.32 Å². The largest absolute Gasteiger partial charge is 0.472 e. The van der Waals surface area contributed by atoms with E-state index in [1.54, 1.807) is 0 Å². The SMILES string of the molecule is CCCCCCCC/C=C\CCCCCCCC(=O)NC(COP(=O)(O)OCC[N+](C)(C)C)C(O)CCCCCCCCCCCCCCCCCCC. The number of hydrogen-bond donors (Lipinski definition) is 3. The third-order valence-electron chi connectivity index (χ3n) is 10.5. The normalized spacial score (nSPS) is 14.4. The number of allylic oxidation sites excluding steroid dienone is 2. The fraction of sp³-hybridized carbons (Fsp3) is 0.933. The molecular weight excluding hydrogens is 695 g/mol. The van der Waals surface area contributed by atoms with Crippen molar-refractivity contribution in [2.45, 2.75) is 231 Å². The molecule has 0 aromatic carbocycles. The third kappa shape index (κ3) is 39.5. The van der Waals surface area contributed by atoms with Gasteiger partial charge in [0.15, 0.2) is 0 Å². The first-order chi connectivity index (χ1) is 26.0. The van der Waals surface area contributed by atoms with Gasteiger partial charge >= 0.3 is 7.82 Å². The lowest BCUT2D eigenvalue weighted by atomic mass is 10.0. The Bertz CT molecular complexity index is 896. The highest BCUT2D eigenvalue weighted by Gasteiger charge is 2.28. The number of aliphatic hydroxyl groups excluding tert-OH is 1. The lowest BCUT2D eigenvalue weighted by molar-refractivity contribution is -0.870. The molecule has 0 spiro atoms. The maximum absolute atomic E-state index is 12.9. The van der Waals surface area contributed by atoms with Crippen molar-refractivity contribution in [1.29, 1.82) is 0 Å². The van der Waals surface area contributed by atoms with Crippen LogP contribution in [-0.2, 0) is 18.4 Å². The van der Waals surface area contributed by atoms with Crippen molar-refractivity contribution in [3.05, 3.63) is 12.2 Å². The molecular formula is C45H92N2O6P+. The van der Waals surface area contributed by atoms with Crippen LogP contribution in [0.25, 0.3) is 0 Å². The Labute approximate surface area is 335 Å². The van der Waals surface area contributed by atoms with E-state index in [1.165, 1.54) is 141 Å². The first-order valence-corrected chi connectivity index (χ1v) is 24.5. The van der Waals surface area contributed by atoms with Crippen molar-refractivity contribution in [3.8, 4) is 0 Å². The summed E-state index contributed by atoms with van der Waals surface area (Å²) in [5, 5.41) is 14.0. The van der Waals surface area contributed by atoms with Crippen LogP contribution in [0.3, 0.4) is 0 Å². The molecule has 0 bridgehead atoms. The maximum Gasteiger partial charge on any atom is 0.472 e. The number of hydrogen-bond acceptors (Lipinski definition) is 5. The molecule has 0 aromatic rings. The van der Waals surface area contributed by atoms with Gasteiger partial charge in [-0.2, -0.15) is 0 Å². The maximum atomic E-state index is 12.9. The summed E-state index contributed by atoms with van der Waals surface area (Å²) in [6.07, 6.45) is 42.3. The van der Waals surface area contributed by atoms with Crippen molar-refractivity contribution >= 4 is 13.7 Å². The number of nitrogens with one attached hydrogen (secondary N) is 1. The van der Waals surface area contributed by atoms with Gasteiger partial charge in [0.2, 0.25) is 5.91 Å². The van der Waals surface area contributed by atoms with Gasteiger partial charge in [-0.3, -0.25) is 13.8 Å². The van der Waals surface area contributed by atoms with E-state index in [0.717, 1.165) is 51.4 Å². The van der Waals surface area contributed by atoms with Gasteiger partial charge in [-0.1, -0.05) is 187 Å². The highest BCUT2D eigenvalue weighted by atomic mass is 31.2. The molecule has 3 unspecified atom stereocenters. The van der Waals surface area contributed by atoms with E-state index >= 15 is 0 Å². The van der Waals surface area contributed by atoms with Gasteiger partial charge in [0.25, 0.3) is 0 Å². The zero-order chi connectivity index (χ0) is 40.0. The molecule has 0 saturated carbocycles. The molecule has 8 nitrogen and oxygen atoms in total. The minimum atomic E-state index is -4.31. The van der Waals surface area contributed by atoms with Crippen LogP contribution in [0.1, 0.15) is 219 Å². The molecule has 0 heterocycles. The van der Waals surface area contributed by atoms with Gasteiger partial charge < -0.3 is 19.8 Å². The number of phosphoric acid groups is 1. The Kier molecular flexibility index (Phi) is 37.3. The number of amides is 1. The highest BCUT2D eigenvalue weighted by Crippen LogP contribution is 2.43. The van der Waals surface area contributed by atoms with E-state index in [1.807, 2.05) is 21.1 Å². The summed E-state index contributed by atoms with van der Waals surface area (Å²) >= 11 is 0. The summed E-state index contributed by atoms with van der Waals surface area (Å²) in [6.45, 7) is 4.89. The lowest BCUT2D eigenvalue weighted by Gasteiger charge is -2.26. The second-order valence-electron chi connectivity index (χ2n) is 17.1. The van der Waals surface area contributed by atoms with Crippen molar-refractivity contribution < 1.29 is 32.9 Å². The highest BCUT2D eigenvalue weighted by molar-refractivity contribution is 7.47. The fourth-order valence-electron chi connectivity index (χ4n) is 6.81. The first kappa shape index (κ1) is 53.2. The topological polar surface area (TPSA) is 105 Å². The number of aliphatic hydroxyl groups is 1. The van der Waals surface area contributed by atoms with Crippen LogP contribution >= 0.6 is 7.82 Å². The molecule has 54 heavy (non-hydrogen) atoms. The Morgan fingerprint density at radius 1 is 0.611 bits per heavy atom. The Morgan fingerprint density at radius 3 is 1.43 bits per heavy atom. The Morgan fingerprint density at radius 2 is 1.00 bits per heavy atom. The van der Waals surface area contributed by atoms with Crippen LogP contribution in [0.4, 0.5) is 0 Å². The van der Waals surface area contributed by atoms with Crippen LogP contribution < -0.4 is 5.32 Å². The number of nitrogens with zero attached hydrogens (tertiary/aromatic N) is 1. The molecule has 3 atom stereocenters. The van der Waals surface area contributed by atoms with Crippen LogP contribution in [0, 0.1) is 0 Å². The fourth-order valence-corrected chi connectivity index (χ4v) is 7.54. The van der Waals surface area contributed by atoms with Gasteiger partial charge in [-0.15, -0.1) is 0 Å². The number of rotatable bonds is 42. The minimum absolute atomic E-state index is 0.0750. The average Bonchev–Trinajstić information content (AvgIpc) is 3.12. The molecule has 322 valence electrons. The molecule has 0 saturated heterocycles. The molecule has 1 amide bonds. The summed E-state index contributed by atoms with van der Waals surface area (Å²) < 4.78 is 23.6. The molecule has 0 fully saturated rings. The molecule has 9 heteroatoms. The molecule has 3 N–H and O–H groups in total. The van der Waals surface area contributed by atoms with Crippen LogP contribution in [0.15, 0.2) is 12.2 Å². The van der Waals surface area contributed by atoms with Crippen molar-refractivity contribution in [3.63, 3.8) is 0 Å². The monoisotopic (exact) mass is 788 g/mol. The Hall–Kier alpha value is -0.760. The van der Waals surface area contributed by atoms with E-state index < -0.39 is 20.0 Å². The molecule has 0 aliphatic carbocycles.